The summed E-state index contributed by atoms with van der Waals surface area (Å²) in [7, 11) is 0. The highest BCUT2D eigenvalue weighted by Crippen LogP contribution is 2.20. The van der Waals surface area contributed by atoms with Crippen LogP contribution in [0.1, 0.15) is 31.5 Å². The van der Waals surface area contributed by atoms with Crippen LogP contribution in [-0.4, -0.2) is 35.7 Å². The van der Waals surface area contributed by atoms with Crippen molar-refractivity contribution < 1.29 is 27.1 Å². The zero-order valence-electron chi connectivity index (χ0n) is 15.3. The molecule has 0 fully saturated rings. The summed E-state index contributed by atoms with van der Waals surface area (Å²) in [6.07, 6.45) is -1.13. The van der Waals surface area contributed by atoms with Crippen LogP contribution in [0.3, 0.4) is 0 Å². The third-order valence-corrected chi connectivity index (χ3v) is 4.28. The second-order valence-corrected chi connectivity index (χ2v) is 6.52. The van der Waals surface area contributed by atoms with Gasteiger partial charge in [0.05, 0.1) is 5.02 Å². The fourth-order valence-corrected chi connectivity index (χ4v) is 2.46. The zero-order valence-corrected chi connectivity index (χ0v) is 16.0. The lowest BCUT2D eigenvalue weighted by atomic mass is 10.0. The van der Waals surface area contributed by atoms with E-state index in [-0.39, 0.29) is 35.6 Å². The van der Waals surface area contributed by atoms with E-state index >= 15 is 0 Å². The summed E-state index contributed by atoms with van der Waals surface area (Å²) in [5.41, 5.74) is 0. The number of benzene rings is 1. The van der Waals surface area contributed by atoms with E-state index in [2.05, 4.69) is 15.5 Å². The molecular weight excluding hydrogens is 399 g/mol. The van der Waals surface area contributed by atoms with Gasteiger partial charge < -0.3 is 14.5 Å². The van der Waals surface area contributed by atoms with Gasteiger partial charge in [0.15, 0.2) is 6.61 Å². The number of rotatable bonds is 11. The van der Waals surface area contributed by atoms with Crippen molar-refractivity contribution in [2.75, 3.05) is 13.2 Å². The smallest absolute Gasteiger partial charge is 0.257 e. The summed E-state index contributed by atoms with van der Waals surface area (Å²) in [4.78, 5) is 11.7. The van der Waals surface area contributed by atoms with Gasteiger partial charge >= 0.3 is 0 Å². The SMILES string of the molecule is CCC(Cc1nnc(CCCNC(=O)COc2ccc(Cl)c(F)c2)o1)C(F)F. The minimum Gasteiger partial charge on any atom is -0.484 e. The first-order valence-corrected chi connectivity index (χ1v) is 9.20. The maximum absolute atomic E-state index is 13.3. The maximum Gasteiger partial charge on any atom is 0.257 e. The van der Waals surface area contributed by atoms with Crippen molar-refractivity contribution in [2.24, 2.45) is 5.92 Å². The molecule has 154 valence electrons. The second kappa shape index (κ2) is 10.9. The number of hydrogen-bond donors (Lipinski definition) is 1. The van der Waals surface area contributed by atoms with Gasteiger partial charge in [-0.05, 0) is 25.0 Å². The summed E-state index contributed by atoms with van der Waals surface area (Å²) in [5, 5.41) is 10.2. The molecule has 0 saturated heterocycles. The standard InChI is InChI=1S/C18H21ClF3N3O3/c1-2-11(18(21)22)8-17-25-24-16(28-17)4-3-7-23-15(26)10-27-12-5-6-13(19)14(20)9-12/h5-6,9,11,18H,2-4,7-8,10H2,1H3,(H,23,26). The van der Waals surface area contributed by atoms with E-state index in [1.54, 1.807) is 6.92 Å². The number of aromatic nitrogens is 2. The summed E-state index contributed by atoms with van der Waals surface area (Å²) in [5.74, 6) is -1.08. The summed E-state index contributed by atoms with van der Waals surface area (Å²) < 4.78 is 49.3. The first-order chi connectivity index (χ1) is 13.4. The van der Waals surface area contributed by atoms with Crippen LogP contribution in [0.5, 0.6) is 5.75 Å². The number of amides is 1. The number of aryl methyl sites for hydroxylation is 1. The van der Waals surface area contributed by atoms with Crippen molar-refractivity contribution in [1.29, 1.82) is 0 Å². The molecule has 0 radical (unpaired) electrons. The number of nitrogens with zero attached hydrogens (tertiary/aromatic N) is 2. The molecule has 1 heterocycles. The van der Waals surface area contributed by atoms with Crippen molar-refractivity contribution in [3.63, 3.8) is 0 Å². The maximum atomic E-state index is 13.3. The first kappa shape index (κ1) is 22.0. The van der Waals surface area contributed by atoms with E-state index in [0.29, 0.717) is 31.7 Å². The Morgan fingerprint density at radius 2 is 2.07 bits per heavy atom. The highest BCUT2D eigenvalue weighted by molar-refractivity contribution is 6.30. The Hall–Kier alpha value is -2.29. The molecule has 0 spiro atoms. The van der Waals surface area contributed by atoms with Crippen LogP contribution >= 0.6 is 11.6 Å². The molecule has 0 bridgehead atoms. The lowest BCUT2D eigenvalue weighted by Crippen LogP contribution is -2.29. The minimum atomic E-state index is -2.43. The molecule has 0 saturated carbocycles. The third-order valence-electron chi connectivity index (χ3n) is 3.98. The molecule has 1 aromatic carbocycles. The van der Waals surface area contributed by atoms with Gasteiger partial charge in [0, 0.05) is 31.4 Å². The quantitative estimate of drug-likeness (QED) is 0.560. The van der Waals surface area contributed by atoms with Gasteiger partial charge in [0.25, 0.3) is 5.91 Å². The number of carbonyl (C=O) groups is 1. The van der Waals surface area contributed by atoms with E-state index in [9.17, 15) is 18.0 Å². The molecule has 6 nitrogen and oxygen atoms in total. The van der Waals surface area contributed by atoms with E-state index in [1.807, 2.05) is 0 Å². The second-order valence-electron chi connectivity index (χ2n) is 6.11. The van der Waals surface area contributed by atoms with Crippen molar-refractivity contribution in [3.8, 4) is 5.75 Å². The minimum absolute atomic E-state index is 0.0274. The summed E-state index contributed by atoms with van der Waals surface area (Å²) in [6, 6.07) is 3.90. The van der Waals surface area contributed by atoms with Crippen molar-refractivity contribution >= 4 is 17.5 Å². The normalized spacial score (nSPS) is 12.2. The molecule has 1 N–H and O–H groups in total. The van der Waals surface area contributed by atoms with Gasteiger partial charge in [-0.1, -0.05) is 18.5 Å². The number of halogens is 4. The van der Waals surface area contributed by atoms with Crippen LogP contribution in [0.4, 0.5) is 13.2 Å². The predicted octanol–water partition coefficient (Wildman–Crippen LogP) is 3.82. The molecule has 0 aliphatic carbocycles. The van der Waals surface area contributed by atoms with Crippen LogP contribution in [-0.2, 0) is 17.6 Å². The lowest BCUT2D eigenvalue weighted by molar-refractivity contribution is -0.123. The van der Waals surface area contributed by atoms with Crippen molar-refractivity contribution in [1.82, 2.24) is 15.5 Å². The Labute approximate surface area is 165 Å². The fraction of sp³-hybridized carbons (Fsp3) is 0.500. The van der Waals surface area contributed by atoms with Gasteiger partial charge in [-0.15, -0.1) is 10.2 Å². The van der Waals surface area contributed by atoms with Gasteiger partial charge in [-0.2, -0.15) is 0 Å². The van der Waals surface area contributed by atoms with Crippen LogP contribution < -0.4 is 10.1 Å². The van der Waals surface area contributed by atoms with Gasteiger partial charge in [-0.3, -0.25) is 4.79 Å². The van der Waals surface area contributed by atoms with Crippen LogP contribution in [0, 0.1) is 11.7 Å². The number of carbonyl (C=O) groups excluding carboxylic acids is 1. The number of nitrogens with one attached hydrogen (secondary N) is 1. The summed E-state index contributed by atoms with van der Waals surface area (Å²) in [6.45, 7) is 1.76. The molecule has 2 rings (SSSR count). The average Bonchev–Trinajstić information content (AvgIpc) is 3.11. The molecule has 0 aliphatic rings. The third kappa shape index (κ3) is 7.03. The Balaban J connectivity index is 1.65. The molecular formula is C18H21ClF3N3O3. The molecule has 0 aliphatic heterocycles. The molecule has 28 heavy (non-hydrogen) atoms. The lowest BCUT2D eigenvalue weighted by Gasteiger charge is -2.10. The average molecular weight is 420 g/mol. The molecule has 2 aromatic rings. The number of hydrogen-bond acceptors (Lipinski definition) is 5. The summed E-state index contributed by atoms with van der Waals surface area (Å²) >= 11 is 5.57. The molecule has 1 atom stereocenters. The molecule has 1 unspecified atom stereocenters. The first-order valence-electron chi connectivity index (χ1n) is 8.83. The highest BCUT2D eigenvalue weighted by atomic mass is 35.5. The zero-order chi connectivity index (χ0) is 20.5. The predicted molar refractivity (Wildman–Crippen MR) is 96.0 cm³/mol. The van der Waals surface area contributed by atoms with Crippen molar-refractivity contribution in [3.05, 3.63) is 40.8 Å². The van der Waals surface area contributed by atoms with E-state index < -0.39 is 18.2 Å². The van der Waals surface area contributed by atoms with E-state index in [1.165, 1.54) is 12.1 Å². The van der Waals surface area contributed by atoms with Crippen molar-refractivity contribution in [2.45, 2.75) is 39.0 Å². The molecule has 10 heteroatoms. The Bertz CT molecular complexity index is 774. The monoisotopic (exact) mass is 419 g/mol. The van der Waals surface area contributed by atoms with Gasteiger partial charge in [-0.25, -0.2) is 13.2 Å². The Morgan fingerprint density at radius 1 is 1.32 bits per heavy atom. The highest BCUT2D eigenvalue weighted by Gasteiger charge is 2.21. The van der Waals surface area contributed by atoms with Gasteiger partial charge in [0.1, 0.15) is 11.6 Å². The van der Waals surface area contributed by atoms with E-state index in [4.69, 9.17) is 20.8 Å². The van der Waals surface area contributed by atoms with Gasteiger partial charge in [0.2, 0.25) is 18.2 Å². The Kier molecular flexibility index (Phi) is 8.56. The number of alkyl halides is 2. The topological polar surface area (TPSA) is 77.2 Å². The van der Waals surface area contributed by atoms with Crippen LogP contribution in [0.2, 0.25) is 5.02 Å². The molecule has 1 aromatic heterocycles. The fourth-order valence-electron chi connectivity index (χ4n) is 2.34. The van der Waals surface area contributed by atoms with E-state index in [0.717, 1.165) is 6.07 Å². The largest absolute Gasteiger partial charge is 0.484 e. The molecule has 1 amide bonds. The van der Waals surface area contributed by atoms with Crippen LogP contribution in [0.15, 0.2) is 22.6 Å². The number of ether oxygens (including phenoxy) is 1. The van der Waals surface area contributed by atoms with Crippen LogP contribution in [0.25, 0.3) is 0 Å². The Morgan fingerprint density at radius 3 is 2.75 bits per heavy atom.